The summed E-state index contributed by atoms with van der Waals surface area (Å²) in [4.78, 5) is 13.9. The molecule has 0 bridgehead atoms. The molecule has 6 nitrogen and oxygen atoms in total. The number of piperidine rings is 1. The van der Waals surface area contributed by atoms with E-state index in [0.29, 0.717) is 30.1 Å². The number of hydrogen-bond donors (Lipinski definition) is 2. The largest absolute Gasteiger partial charge is 0.341 e. The first-order valence-corrected chi connectivity index (χ1v) is 9.41. The lowest BCUT2D eigenvalue weighted by Gasteiger charge is -2.33. The fourth-order valence-electron chi connectivity index (χ4n) is 2.56. The molecule has 1 aromatic heterocycles. The molecular weight excluding hydrogens is 346 g/mol. The number of carbonyl (C=O) groups is 1. The van der Waals surface area contributed by atoms with Gasteiger partial charge in [0.05, 0.1) is 5.54 Å². The Kier molecular flexibility index (Phi) is 5.18. The van der Waals surface area contributed by atoms with Crippen LogP contribution in [-0.4, -0.2) is 43.9 Å². The van der Waals surface area contributed by atoms with E-state index in [9.17, 15) is 13.2 Å². The Morgan fingerprint density at radius 1 is 1.36 bits per heavy atom. The molecule has 1 aromatic rings. The summed E-state index contributed by atoms with van der Waals surface area (Å²) in [6.45, 7) is 1.13. The summed E-state index contributed by atoms with van der Waals surface area (Å²) in [6, 6.07) is 3.20. The molecule has 0 radical (unpaired) electrons. The molecule has 0 unspecified atom stereocenters. The molecule has 1 amide bonds. The number of sulfonamides is 1. The number of halogens is 1. The van der Waals surface area contributed by atoms with Crippen molar-refractivity contribution in [3.05, 3.63) is 17.5 Å². The quantitative estimate of drug-likeness (QED) is 0.830. The van der Waals surface area contributed by atoms with Crippen LogP contribution < -0.4 is 10.5 Å². The summed E-state index contributed by atoms with van der Waals surface area (Å²) >= 11 is 1.20. The Hall–Kier alpha value is -0.670. The topological polar surface area (TPSA) is 92.5 Å². The normalized spacial score (nSPS) is 21.2. The van der Waals surface area contributed by atoms with Crippen LogP contribution in [0.15, 0.2) is 21.7 Å². The van der Waals surface area contributed by atoms with Crippen molar-refractivity contribution in [1.82, 2.24) is 9.62 Å². The molecule has 124 valence electrons. The first-order chi connectivity index (χ1) is 9.91. The zero-order valence-electron chi connectivity index (χ0n) is 12.0. The van der Waals surface area contributed by atoms with Crippen LogP contribution in [0.5, 0.6) is 0 Å². The van der Waals surface area contributed by atoms with Crippen LogP contribution >= 0.6 is 23.7 Å². The van der Waals surface area contributed by atoms with E-state index in [1.165, 1.54) is 11.3 Å². The summed E-state index contributed by atoms with van der Waals surface area (Å²) in [5.41, 5.74) is 5.28. The zero-order chi connectivity index (χ0) is 15.1. The maximum Gasteiger partial charge on any atom is 0.250 e. The second-order valence-corrected chi connectivity index (χ2v) is 8.66. The van der Waals surface area contributed by atoms with Gasteiger partial charge in [0.2, 0.25) is 15.9 Å². The highest BCUT2D eigenvalue weighted by atomic mass is 35.5. The Morgan fingerprint density at radius 3 is 2.50 bits per heavy atom. The van der Waals surface area contributed by atoms with E-state index in [1.54, 1.807) is 22.4 Å². The zero-order valence-corrected chi connectivity index (χ0v) is 14.5. The molecular formula is C13H20ClN3O3S2. The average molecular weight is 366 g/mol. The number of hydrogen-bond acceptors (Lipinski definition) is 5. The standard InChI is InChI=1S/C13H19N3O3S2.ClH/c14-13(5-6-13)12(17)16-7-3-10(4-8-16)15-21(18,19)11-2-1-9-20-11;/h1-2,9-10,15H,3-8,14H2;1H. The van der Waals surface area contributed by atoms with Crippen LogP contribution in [0, 0.1) is 0 Å². The highest BCUT2D eigenvalue weighted by molar-refractivity contribution is 7.91. The molecule has 1 aliphatic carbocycles. The van der Waals surface area contributed by atoms with Crippen molar-refractivity contribution in [3.8, 4) is 0 Å². The van der Waals surface area contributed by atoms with Crippen LogP contribution in [0.2, 0.25) is 0 Å². The van der Waals surface area contributed by atoms with E-state index < -0.39 is 15.6 Å². The molecule has 0 aromatic carbocycles. The van der Waals surface area contributed by atoms with Crippen molar-refractivity contribution >= 4 is 39.7 Å². The maximum atomic E-state index is 12.1. The Labute approximate surface area is 140 Å². The summed E-state index contributed by atoms with van der Waals surface area (Å²) in [5, 5.41) is 1.74. The molecule has 1 saturated carbocycles. The maximum absolute atomic E-state index is 12.1. The number of rotatable bonds is 4. The first-order valence-electron chi connectivity index (χ1n) is 7.05. The first kappa shape index (κ1) is 17.7. The lowest BCUT2D eigenvalue weighted by molar-refractivity contribution is -0.134. The van der Waals surface area contributed by atoms with Gasteiger partial charge in [-0.3, -0.25) is 4.79 Å². The lowest BCUT2D eigenvalue weighted by atomic mass is 10.0. The van der Waals surface area contributed by atoms with Crippen LogP contribution in [0.25, 0.3) is 0 Å². The van der Waals surface area contributed by atoms with E-state index in [4.69, 9.17) is 5.73 Å². The number of nitrogens with one attached hydrogen (secondary N) is 1. The Morgan fingerprint density at radius 2 is 2.00 bits per heavy atom. The van der Waals surface area contributed by atoms with E-state index in [0.717, 1.165) is 12.8 Å². The van der Waals surface area contributed by atoms with Crippen molar-refractivity contribution in [2.24, 2.45) is 5.73 Å². The third-order valence-electron chi connectivity index (χ3n) is 4.08. The fourth-order valence-corrected chi connectivity index (χ4v) is 4.87. The smallest absolute Gasteiger partial charge is 0.250 e. The summed E-state index contributed by atoms with van der Waals surface area (Å²) in [7, 11) is -3.43. The molecule has 1 saturated heterocycles. The van der Waals surface area contributed by atoms with Crippen LogP contribution in [0.3, 0.4) is 0 Å². The number of carbonyl (C=O) groups excluding carboxylic acids is 1. The summed E-state index contributed by atoms with van der Waals surface area (Å²) < 4.78 is 27.3. The van der Waals surface area contributed by atoms with E-state index in [1.807, 2.05) is 0 Å². The monoisotopic (exact) mass is 365 g/mol. The highest BCUT2D eigenvalue weighted by Gasteiger charge is 2.48. The number of nitrogens with two attached hydrogens (primary N) is 1. The molecule has 2 heterocycles. The minimum absolute atomic E-state index is 0. The van der Waals surface area contributed by atoms with Gasteiger partial charge in [-0.2, -0.15) is 0 Å². The second-order valence-electron chi connectivity index (χ2n) is 5.78. The van der Waals surface area contributed by atoms with Gasteiger partial charge in [-0.1, -0.05) is 6.07 Å². The van der Waals surface area contributed by atoms with E-state index in [2.05, 4.69) is 4.72 Å². The van der Waals surface area contributed by atoms with Gasteiger partial charge in [0.25, 0.3) is 0 Å². The van der Waals surface area contributed by atoms with Gasteiger partial charge < -0.3 is 10.6 Å². The van der Waals surface area contributed by atoms with Gasteiger partial charge in [0, 0.05) is 19.1 Å². The molecule has 2 aliphatic rings. The minimum Gasteiger partial charge on any atom is -0.341 e. The van der Waals surface area contributed by atoms with Crippen molar-refractivity contribution < 1.29 is 13.2 Å². The molecule has 3 rings (SSSR count). The minimum atomic E-state index is -3.43. The molecule has 9 heteroatoms. The van der Waals surface area contributed by atoms with Crippen molar-refractivity contribution in [1.29, 1.82) is 0 Å². The average Bonchev–Trinajstić information content (AvgIpc) is 2.98. The van der Waals surface area contributed by atoms with E-state index in [-0.39, 0.29) is 24.4 Å². The van der Waals surface area contributed by atoms with Crippen LogP contribution in [0.1, 0.15) is 25.7 Å². The van der Waals surface area contributed by atoms with Gasteiger partial charge in [-0.25, -0.2) is 13.1 Å². The molecule has 2 fully saturated rings. The predicted octanol–water partition coefficient (Wildman–Crippen LogP) is 0.930. The second kappa shape index (κ2) is 6.45. The van der Waals surface area contributed by atoms with Crippen molar-refractivity contribution in [3.63, 3.8) is 0 Å². The van der Waals surface area contributed by atoms with Gasteiger partial charge in [0.1, 0.15) is 4.21 Å². The number of thiophene rings is 1. The third kappa shape index (κ3) is 3.62. The van der Waals surface area contributed by atoms with Gasteiger partial charge >= 0.3 is 0 Å². The fraction of sp³-hybridized carbons (Fsp3) is 0.615. The SMILES string of the molecule is Cl.NC1(C(=O)N2CCC(NS(=O)(=O)c3cccs3)CC2)CC1. The molecule has 1 aliphatic heterocycles. The van der Waals surface area contributed by atoms with Gasteiger partial charge in [-0.05, 0) is 37.1 Å². The third-order valence-corrected chi connectivity index (χ3v) is 7.00. The predicted molar refractivity (Wildman–Crippen MR) is 87.6 cm³/mol. The molecule has 22 heavy (non-hydrogen) atoms. The number of amides is 1. The molecule has 0 atom stereocenters. The molecule has 3 N–H and O–H groups in total. The number of nitrogens with zero attached hydrogens (tertiary/aromatic N) is 1. The number of likely N-dealkylation sites (tertiary alicyclic amines) is 1. The summed E-state index contributed by atoms with van der Waals surface area (Å²) in [6.07, 6.45) is 2.78. The van der Waals surface area contributed by atoms with Gasteiger partial charge in [-0.15, -0.1) is 23.7 Å². The highest BCUT2D eigenvalue weighted by Crippen LogP contribution is 2.34. The molecule has 0 spiro atoms. The van der Waals surface area contributed by atoms with Crippen molar-refractivity contribution in [2.75, 3.05) is 13.1 Å². The Balaban J connectivity index is 0.00000176. The van der Waals surface area contributed by atoms with Crippen LogP contribution in [-0.2, 0) is 14.8 Å². The van der Waals surface area contributed by atoms with Crippen molar-refractivity contribution in [2.45, 2.75) is 41.5 Å². The Bertz CT molecular complexity index is 621. The lowest BCUT2D eigenvalue weighted by Crippen LogP contribution is -2.51. The van der Waals surface area contributed by atoms with E-state index >= 15 is 0 Å². The summed E-state index contributed by atoms with van der Waals surface area (Å²) in [5.74, 6) is 0.0158. The van der Waals surface area contributed by atoms with Crippen LogP contribution in [0.4, 0.5) is 0 Å². The van der Waals surface area contributed by atoms with Gasteiger partial charge in [0.15, 0.2) is 0 Å².